The van der Waals surface area contributed by atoms with Gasteiger partial charge in [0.05, 0.1) is 5.56 Å². The predicted molar refractivity (Wildman–Crippen MR) is 70.2 cm³/mol. The van der Waals surface area contributed by atoms with Crippen LogP contribution in [-0.2, 0) is 6.18 Å². The second kappa shape index (κ2) is 4.81. The number of ketones is 1. The van der Waals surface area contributed by atoms with Crippen LogP contribution in [0.5, 0.6) is 0 Å². The highest BCUT2D eigenvalue weighted by Gasteiger charge is 2.30. The third kappa shape index (κ3) is 2.48. The van der Waals surface area contributed by atoms with Crippen LogP contribution in [0.2, 0.25) is 0 Å². The molecule has 0 unspecified atom stereocenters. The molecule has 0 aliphatic heterocycles. The van der Waals surface area contributed by atoms with Crippen molar-refractivity contribution in [1.82, 2.24) is 4.57 Å². The summed E-state index contributed by atoms with van der Waals surface area (Å²) in [5.74, 6) is -0.101. The largest absolute Gasteiger partial charge is 0.416 e. The Bertz CT molecular complexity index is 668. The van der Waals surface area contributed by atoms with E-state index in [9.17, 15) is 18.0 Å². The van der Waals surface area contributed by atoms with Crippen LogP contribution in [-0.4, -0.2) is 10.4 Å². The van der Waals surface area contributed by atoms with E-state index in [4.69, 9.17) is 0 Å². The molecule has 0 saturated carbocycles. The van der Waals surface area contributed by atoms with E-state index >= 15 is 0 Å². The van der Waals surface area contributed by atoms with Gasteiger partial charge in [0.1, 0.15) is 0 Å². The Morgan fingerprint density at radius 2 is 1.80 bits per heavy atom. The summed E-state index contributed by atoms with van der Waals surface area (Å²) in [5.41, 5.74) is 1.61. The molecule has 0 spiro atoms. The molecular formula is C15H14F3NO. The van der Waals surface area contributed by atoms with Crippen LogP contribution in [0.15, 0.2) is 30.3 Å². The Morgan fingerprint density at radius 3 is 2.30 bits per heavy atom. The van der Waals surface area contributed by atoms with Gasteiger partial charge in [-0.25, -0.2) is 0 Å². The zero-order chi connectivity index (χ0) is 15.1. The topological polar surface area (TPSA) is 22.0 Å². The van der Waals surface area contributed by atoms with Crippen molar-refractivity contribution in [3.8, 4) is 5.69 Å². The number of Topliss-reactive ketones (excluding diaryl/α,β-unsaturated/α-hetero) is 1. The molecule has 0 bridgehead atoms. The molecule has 0 radical (unpaired) electrons. The molecule has 0 aliphatic carbocycles. The van der Waals surface area contributed by atoms with Crippen molar-refractivity contribution in [3.63, 3.8) is 0 Å². The summed E-state index contributed by atoms with van der Waals surface area (Å²) < 4.78 is 39.9. The summed E-state index contributed by atoms with van der Waals surface area (Å²) in [7, 11) is 0. The molecule has 2 nitrogen and oxygen atoms in total. The molecule has 106 valence electrons. The second-order valence-corrected chi connectivity index (χ2v) is 4.72. The van der Waals surface area contributed by atoms with Crippen LogP contribution >= 0.6 is 0 Å². The first-order valence-corrected chi connectivity index (χ1v) is 6.09. The Labute approximate surface area is 114 Å². The van der Waals surface area contributed by atoms with E-state index in [1.165, 1.54) is 13.0 Å². The van der Waals surface area contributed by atoms with Crippen molar-refractivity contribution in [3.05, 3.63) is 52.8 Å². The van der Waals surface area contributed by atoms with E-state index < -0.39 is 11.7 Å². The minimum absolute atomic E-state index is 0.101. The van der Waals surface area contributed by atoms with Crippen molar-refractivity contribution >= 4 is 5.78 Å². The molecule has 2 rings (SSSR count). The molecule has 0 atom stereocenters. The molecule has 0 fully saturated rings. The number of hydrogen-bond donors (Lipinski definition) is 0. The lowest BCUT2D eigenvalue weighted by Crippen LogP contribution is -2.07. The monoisotopic (exact) mass is 281 g/mol. The summed E-state index contributed by atoms with van der Waals surface area (Å²) >= 11 is 0. The number of carbonyl (C=O) groups excluding carboxylic acids is 1. The van der Waals surface area contributed by atoms with E-state index in [1.807, 2.05) is 0 Å². The van der Waals surface area contributed by atoms with Gasteiger partial charge < -0.3 is 4.57 Å². The zero-order valence-electron chi connectivity index (χ0n) is 11.4. The smallest absolute Gasteiger partial charge is 0.318 e. The maximum atomic E-state index is 12.8. The van der Waals surface area contributed by atoms with Crippen LogP contribution in [0.3, 0.4) is 0 Å². The SMILES string of the molecule is CC(=O)c1cc(C)n(-c2cccc(C(F)(F)F)c2)c1C. The number of hydrogen-bond acceptors (Lipinski definition) is 1. The predicted octanol–water partition coefficient (Wildman–Crippen LogP) is 4.32. The average molecular weight is 281 g/mol. The summed E-state index contributed by atoms with van der Waals surface area (Å²) in [6.45, 7) is 4.93. The Morgan fingerprint density at radius 1 is 1.15 bits per heavy atom. The third-order valence-electron chi connectivity index (χ3n) is 3.24. The highest BCUT2D eigenvalue weighted by molar-refractivity contribution is 5.95. The Balaban J connectivity index is 2.61. The highest BCUT2D eigenvalue weighted by atomic mass is 19.4. The lowest BCUT2D eigenvalue weighted by molar-refractivity contribution is -0.137. The average Bonchev–Trinajstić information content (AvgIpc) is 2.64. The maximum absolute atomic E-state index is 12.8. The standard InChI is InChI=1S/C15H14F3NO/c1-9-7-14(11(3)20)10(2)19(9)13-6-4-5-12(8-13)15(16,17)18/h4-8H,1-3H3. The highest BCUT2D eigenvalue weighted by Crippen LogP contribution is 2.31. The molecule has 0 aliphatic rings. The number of nitrogens with zero attached hydrogens (tertiary/aromatic N) is 1. The van der Waals surface area contributed by atoms with Gasteiger partial charge in [0.25, 0.3) is 0 Å². The Hall–Kier alpha value is -2.04. The summed E-state index contributed by atoms with van der Waals surface area (Å²) in [6, 6.07) is 6.77. The van der Waals surface area contributed by atoms with Gasteiger partial charge in [-0.15, -0.1) is 0 Å². The fourth-order valence-corrected chi connectivity index (χ4v) is 2.34. The quantitative estimate of drug-likeness (QED) is 0.752. The van der Waals surface area contributed by atoms with Gasteiger partial charge in [-0.2, -0.15) is 13.2 Å². The first-order valence-electron chi connectivity index (χ1n) is 6.09. The number of aromatic nitrogens is 1. The van der Waals surface area contributed by atoms with Gasteiger partial charge in [0, 0.05) is 22.6 Å². The maximum Gasteiger partial charge on any atom is 0.416 e. The molecular weight excluding hydrogens is 267 g/mol. The van der Waals surface area contributed by atoms with E-state index in [-0.39, 0.29) is 5.78 Å². The van der Waals surface area contributed by atoms with Crippen molar-refractivity contribution in [2.24, 2.45) is 0 Å². The minimum atomic E-state index is -4.38. The fraction of sp³-hybridized carbons (Fsp3) is 0.267. The van der Waals surface area contributed by atoms with Gasteiger partial charge in [0.2, 0.25) is 0 Å². The fourth-order valence-electron chi connectivity index (χ4n) is 2.34. The molecule has 1 aromatic carbocycles. The molecule has 2 aromatic rings. The molecule has 0 saturated heterocycles. The van der Waals surface area contributed by atoms with E-state index in [0.717, 1.165) is 17.8 Å². The lowest BCUT2D eigenvalue weighted by atomic mass is 10.1. The molecule has 5 heteroatoms. The van der Waals surface area contributed by atoms with Gasteiger partial charge in [-0.1, -0.05) is 6.07 Å². The number of benzene rings is 1. The first-order chi connectivity index (χ1) is 9.21. The molecule has 1 heterocycles. The van der Waals surface area contributed by atoms with Crippen LogP contribution in [0.4, 0.5) is 13.2 Å². The van der Waals surface area contributed by atoms with Crippen molar-refractivity contribution in [2.45, 2.75) is 26.9 Å². The van der Waals surface area contributed by atoms with Gasteiger partial charge in [0.15, 0.2) is 5.78 Å². The number of carbonyl (C=O) groups is 1. The number of alkyl halides is 3. The van der Waals surface area contributed by atoms with Crippen molar-refractivity contribution in [1.29, 1.82) is 0 Å². The van der Waals surface area contributed by atoms with E-state index in [1.54, 1.807) is 30.5 Å². The zero-order valence-corrected chi connectivity index (χ0v) is 11.4. The summed E-state index contributed by atoms with van der Waals surface area (Å²) in [4.78, 5) is 11.5. The number of aryl methyl sites for hydroxylation is 1. The van der Waals surface area contributed by atoms with Crippen LogP contribution in [0.25, 0.3) is 5.69 Å². The molecule has 0 N–H and O–H groups in total. The summed E-state index contributed by atoms with van der Waals surface area (Å²) in [5, 5.41) is 0. The van der Waals surface area contributed by atoms with Gasteiger partial charge >= 0.3 is 6.18 Å². The minimum Gasteiger partial charge on any atom is -0.318 e. The molecule has 20 heavy (non-hydrogen) atoms. The van der Waals surface area contributed by atoms with Crippen LogP contribution in [0.1, 0.15) is 34.2 Å². The summed E-state index contributed by atoms with van der Waals surface area (Å²) in [6.07, 6.45) is -4.38. The van der Waals surface area contributed by atoms with Crippen LogP contribution < -0.4 is 0 Å². The van der Waals surface area contributed by atoms with Crippen molar-refractivity contribution in [2.75, 3.05) is 0 Å². The number of halogens is 3. The second-order valence-electron chi connectivity index (χ2n) is 4.72. The third-order valence-corrected chi connectivity index (χ3v) is 3.24. The Kier molecular flexibility index (Phi) is 3.46. The van der Waals surface area contributed by atoms with E-state index in [0.29, 0.717) is 16.9 Å². The van der Waals surface area contributed by atoms with Crippen molar-refractivity contribution < 1.29 is 18.0 Å². The van der Waals surface area contributed by atoms with Gasteiger partial charge in [-0.3, -0.25) is 4.79 Å². The lowest BCUT2D eigenvalue weighted by Gasteiger charge is -2.13. The van der Waals surface area contributed by atoms with E-state index in [2.05, 4.69) is 0 Å². The molecule has 1 aromatic heterocycles. The first kappa shape index (κ1) is 14.4. The van der Waals surface area contributed by atoms with Gasteiger partial charge in [-0.05, 0) is 45.0 Å². The normalized spacial score (nSPS) is 11.7. The van der Waals surface area contributed by atoms with Crippen LogP contribution in [0, 0.1) is 13.8 Å². The molecule has 0 amide bonds. The number of rotatable bonds is 2.